The molecule has 0 bridgehead atoms. The molecule has 0 aromatic heterocycles. The Morgan fingerprint density at radius 2 is 1.94 bits per heavy atom. The molecule has 0 saturated heterocycles. The molecule has 1 rings (SSSR count). The van der Waals surface area contributed by atoms with E-state index in [1.165, 1.54) is 32.1 Å². The number of carbonyl (C=O) groups excluding carboxylic acids is 1. The van der Waals surface area contributed by atoms with Gasteiger partial charge in [-0.25, -0.2) is 4.79 Å². The van der Waals surface area contributed by atoms with E-state index < -0.39 is 5.97 Å². The fraction of sp³-hybridized carbons (Fsp3) is 0.846. The van der Waals surface area contributed by atoms with Crippen LogP contribution < -0.4 is 10.6 Å². The molecule has 0 unspecified atom stereocenters. The number of carbonyl (C=O) groups is 2. The Morgan fingerprint density at radius 3 is 2.56 bits per heavy atom. The lowest BCUT2D eigenvalue weighted by molar-refractivity contribution is -0.136. The van der Waals surface area contributed by atoms with Gasteiger partial charge in [0.15, 0.2) is 0 Å². The predicted molar refractivity (Wildman–Crippen MR) is 69.4 cm³/mol. The summed E-state index contributed by atoms with van der Waals surface area (Å²) in [5.74, 6) is -0.168. The largest absolute Gasteiger partial charge is 0.481 e. The van der Waals surface area contributed by atoms with Gasteiger partial charge < -0.3 is 15.7 Å². The van der Waals surface area contributed by atoms with Crippen LogP contribution in [0.25, 0.3) is 0 Å². The Bertz CT molecular complexity index is 275. The van der Waals surface area contributed by atoms with Crippen molar-refractivity contribution in [1.82, 2.24) is 10.6 Å². The van der Waals surface area contributed by atoms with Crippen LogP contribution in [0, 0.1) is 5.92 Å². The molecule has 0 aromatic carbocycles. The first-order valence-electron chi connectivity index (χ1n) is 6.84. The van der Waals surface area contributed by atoms with Crippen molar-refractivity contribution in [3.05, 3.63) is 0 Å². The Balaban J connectivity index is 2.12. The number of aliphatic carboxylic acids is 1. The van der Waals surface area contributed by atoms with Gasteiger partial charge in [-0.05, 0) is 19.3 Å². The number of carboxylic acids is 1. The Morgan fingerprint density at radius 1 is 1.28 bits per heavy atom. The second kappa shape index (κ2) is 7.95. The molecule has 1 aliphatic carbocycles. The topological polar surface area (TPSA) is 78.4 Å². The summed E-state index contributed by atoms with van der Waals surface area (Å²) >= 11 is 0. The van der Waals surface area contributed by atoms with Gasteiger partial charge in [-0.15, -0.1) is 0 Å². The molecule has 0 aliphatic heterocycles. The molecule has 1 aliphatic rings. The van der Waals surface area contributed by atoms with Crippen molar-refractivity contribution in [2.75, 3.05) is 6.54 Å². The SMILES string of the molecule is C[C@H](CC1CCCCC1)NC(=O)NCCC(=O)O. The van der Waals surface area contributed by atoms with Gasteiger partial charge in [0, 0.05) is 12.6 Å². The van der Waals surface area contributed by atoms with Gasteiger partial charge in [-0.1, -0.05) is 32.1 Å². The highest BCUT2D eigenvalue weighted by molar-refractivity contribution is 5.75. The molecule has 0 radical (unpaired) electrons. The molecular formula is C13H24N2O3. The first-order chi connectivity index (χ1) is 8.58. The lowest BCUT2D eigenvalue weighted by atomic mass is 9.85. The molecule has 5 heteroatoms. The van der Waals surface area contributed by atoms with E-state index in [0.717, 1.165) is 12.3 Å². The summed E-state index contributed by atoms with van der Waals surface area (Å²) in [7, 11) is 0. The number of hydrogen-bond donors (Lipinski definition) is 3. The fourth-order valence-electron chi connectivity index (χ4n) is 2.54. The van der Waals surface area contributed by atoms with Crippen LogP contribution in [0.2, 0.25) is 0 Å². The number of hydrogen-bond acceptors (Lipinski definition) is 2. The Labute approximate surface area is 108 Å². The van der Waals surface area contributed by atoms with E-state index in [4.69, 9.17) is 5.11 Å². The highest BCUT2D eigenvalue weighted by Crippen LogP contribution is 2.27. The molecule has 0 heterocycles. The predicted octanol–water partition coefficient (Wildman–Crippen LogP) is 2.12. The zero-order valence-electron chi connectivity index (χ0n) is 11.1. The summed E-state index contributed by atoms with van der Waals surface area (Å²) in [5.41, 5.74) is 0. The van der Waals surface area contributed by atoms with Crippen LogP contribution in [0.15, 0.2) is 0 Å². The summed E-state index contributed by atoms with van der Waals surface area (Å²) in [4.78, 5) is 21.8. The second-order valence-electron chi connectivity index (χ2n) is 5.18. The van der Waals surface area contributed by atoms with Crippen LogP contribution >= 0.6 is 0 Å². The molecule has 1 atom stereocenters. The van der Waals surface area contributed by atoms with Crippen molar-refractivity contribution >= 4 is 12.0 Å². The number of urea groups is 1. The molecular weight excluding hydrogens is 232 g/mol. The van der Waals surface area contributed by atoms with Gasteiger partial charge in [0.2, 0.25) is 0 Å². The minimum atomic E-state index is -0.898. The molecule has 1 fully saturated rings. The van der Waals surface area contributed by atoms with Gasteiger partial charge in [-0.2, -0.15) is 0 Å². The summed E-state index contributed by atoms with van der Waals surface area (Å²) in [6.45, 7) is 2.18. The Hall–Kier alpha value is -1.26. The molecule has 0 aromatic rings. The highest BCUT2D eigenvalue weighted by atomic mass is 16.4. The quantitative estimate of drug-likeness (QED) is 0.681. The van der Waals surface area contributed by atoms with Gasteiger partial charge in [0.05, 0.1) is 6.42 Å². The normalized spacial score (nSPS) is 18.1. The standard InChI is InChI=1S/C13H24N2O3/c1-10(9-11-5-3-2-4-6-11)15-13(18)14-8-7-12(16)17/h10-11H,2-9H2,1H3,(H,16,17)(H2,14,15,18)/t10-/m1/s1. The maximum Gasteiger partial charge on any atom is 0.315 e. The highest BCUT2D eigenvalue weighted by Gasteiger charge is 2.17. The van der Waals surface area contributed by atoms with Crippen LogP contribution in [0.1, 0.15) is 51.9 Å². The Kier molecular flexibility index (Phi) is 6.54. The number of carboxylic acid groups (broad SMARTS) is 1. The average Bonchev–Trinajstić information content (AvgIpc) is 2.29. The van der Waals surface area contributed by atoms with Crippen molar-refractivity contribution in [3.63, 3.8) is 0 Å². The zero-order valence-corrected chi connectivity index (χ0v) is 11.1. The summed E-state index contributed by atoms with van der Waals surface area (Å²) in [6.07, 6.45) is 7.48. The summed E-state index contributed by atoms with van der Waals surface area (Å²) < 4.78 is 0. The van der Waals surface area contributed by atoms with Crippen LogP contribution in [-0.4, -0.2) is 29.7 Å². The van der Waals surface area contributed by atoms with Crippen molar-refractivity contribution in [3.8, 4) is 0 Å². The number of rotatable bonds is 6. The van der Waals surface area contributed by atoms with Crippen LogP contribution in [0.5, 0.6) is 0 Å². The van der Waals surface area contributed by atoms with Crippen molar-refractivity contribution in [2.45, 2.75) is 57.9 Å². The third kappa shape index (κ3) is 6.47. The van der Waals surface area contributed by atoms with Gasteiger partial charge in [0.1, 0.15) is 0 Å². The maximum absolute atomic E-state index is 11.5. The van der Waals surface area contributed by atoms with Gasteiger partial charge >= 0.3 is 12.0 Å². The summed E-state index contributed by atoms with van der Waals surface area (Å²) in [6, 6.07) is -0.113. The monoisotopic (exact) mass is 256 g/mol. The van der Waals surface area contributed by atoms with E-state index in [9.17, 15) is 9.59 Å². The van der Waals surface area contributed by atoms with Crippen LogP contribution in [0.3, 0.4) is 0 Å². The van der Waals surface area contributed by atoms with E-state index in [0.29, 0.717) is 0 Å². The van der Waals surface area contributed by atoms with Crippen molar-refractivity contribution < 1.29 is 14.7 Å². The molecule has 0 spiro atoms. The first-order valence-corrected chi connectivity index (χ1v) is 6.84. The average molecular weight is 256 g/mol. The molecule has 1 saturated carbocycles. The molecule has 104 valence electrons. The number of amides is 2. The van der Waals surface area contributed by atoms with E-state index >= 15 is 0 Å². The van der Waals surface area contributed by atoms with E-state index in [-0.39, 0.29) is 25.0 Å². The van der Waals surface area contributed by atoms with E-state index in [2.05, 4.69) is 10.6 Å². The van der Waals surface area contributed by atoms with Gasteiger partial charge in [0.25, 0.3) is 0 Å². The third-order valence-electron chi connectivity index (χ3n) is 3.41. The molecule has 3 N–H and O–H groups in total. The molecule has 5 nitrogen and oxygen atoms in total. The van der Waals surface area contributed by atoms with Crippen molar-refractivity contribution in [1.29, 1.82) is 0 Å². The van der Waals surface area contributed by atoms with Crippen molar-refractivity contribution in [2.24, 2.45) is 5.92 Å². The smallest absolute Gasteiger partial charge is 0.315 e. The minimum absolute atomic E-state index is 0.0373. The second-order valence-corrected chi connectivity index (χ2v) is 5.18. The van der Waals surface area contributed by atoms with Crippen LogP contribution in [0.4, 0.5) is 4.79 Å². The van der Waals surface area contributed by atoms with E-state index in [1.807, 2.05) is 6.92 Å². The first kappa shape index (κ1) is 14.8. The molecule has 18 heavy (non-hydrogen) atoms. The van der Waals surface area contributed by atoms with Crippen LogP contribution in [-0.2, 0) is 4.79 Å². The summed E-state index contributed by atoms with van der Waals surface area (Å²) in [5, 5.41) is 13.9. The lowest BCUT2D eigenvalue weighted by Crippen LogP contribution is -2.42. The maximum atomic E-state index is 11.5. The van der Waals surface area contributed by atoms with Gasteiger partial charge in [-0.3, -0.25) is 4.79 Å². The zero-order chi connectivity index (χ0) is 13.4. The third-order valence-corrected chi connectivity index (χ3v) is 3.41. The minimum Gasteiger partial charge on any atom is -0.481 e. The number of nitrogens with one attached hydrogen (secondary N) is 2. The lowest BCUT2D eigenvalue weighted by Gasteiger charge is -2.25. The molecule has 2 amide bonds. The fourth-order valence-corrected chi connectivity index (χ4v) is 2.54. The van der Waals surface area contributed by atoms with E-state index in [1.54, 1.807) is 0 Å².